The van der Waals surface area contributed by atoms with Gasteiger partial charge in [-0.2, -0.15) is 15.0 Å². The van der Waals surface area contributed by atoms with Gasteiger partial charge in [-0.1, -0.05) is 37.3 Å². The van der Waals surface area contributed by atoms with Crippen LogP contribution in [0.4, 0.5) is 15.1 Å². The second-order valence-electron chi connectivity index (χ2n) is 4.35. The molecule has 1 aromatic carbocycles. The summed E-state index contributed by atoms with van der Waals surface area (Å²) in [6, 6.07) is 9.17. The van der Waals surface area contributed by atoms with Gasteiger partial charge in [0.25, 0.3) is 0 Å². The Morgan fingerprint density at radius 3 is 2.73 bits per heavy atom. The normalized spacial score (nSPS) is 11.8. The fourth-order valence-corrected chi connectivity index (χ4v) is 1.76. The zero-order valence-corrected chi connectivity index (χ0v) is 12.5. The van der Waals surface area contributed by atoms with Gasteiger partial charge in [-0.25, -0.2) is 9.18 Å². The lowest BCUT2D eigenvalue weighted by molar-refractivity contribution is 0.155. The average molecular weight is 325 g/mol. The number of halogens is 2. The van der Waals surface area contributed by atoms with Crippen molar-refractivity contribution in [1.82, 2.24) is 15.0 Å². The minimum atomic E-state index is -1.37. The molecule has 0 bridgehead atoms. The Morgan fingerprint density at radius 1 is 1.32 bits per heavy atom. The summed E-state index contributed by atoms with van der Waals surface area (Å²) in [5.41, 5.74) is 0.835. The molecule has 1 N–H and O–H groups in total. The highest BCUT2D eigenvalue weighted by Gasteiger charge is 2.15. The SMILES string of the molecule is CCC(F)c1nc(Cl)nc(NC(=O)OCc2ccccc2)n1. The molecule has 1 aromatic heterocycles. The molecule has 1 amide bonds. The summed E-state index contributed by atoms with van der Waals surface area (Å²) in [6.07, 6.45) is -1.94. The van der Waals surface area contributed by atoms with E-state index in [4.69, 9.17) is 16.3 Å². The van der Waals surface area contributed by atoms with Crippen LogP contribution < -0.4 is 5.32 Å². The number of nitrogens with zero attached hydrogens (tertiary/aromatic N) is 3. The smallest absolute Gasteiger partial charge is 0.414 e. The van der Waals surface area contributed by atoms with Gasteiger partial charge in [0.1, 0.15) is 6.61 Å². The first kappa shape index (κ1) is 16.1. The van der Waals surface area contributed by atoms with Crippen LogP contribution in [-0.4, -0.2) is 21.0 Å². The number of ether oxygens (including phenoxy) is 1. The van der Waals surface area contributed by atoms with Crippen molar-refractivity contribution in [2.75, 3.05) is 5.32 Å². The van der Waals surface area contributed by atoms with Gasteiger partial charge in [0, 0.05) is 0 Å². The molecule has 0 saturated carbocycles. The van der Waals surface area contributed by atoms with Crippen LogP contribution in [-0.2, 0) is 11.3 Å². The minimum absolute atomic E-state index is 0.0963. The van der Waals surface area contributed by atoms with E-state index in [9.17, 15) is 9.18 Å². The van der Waals surface area contributed by atoms with E-state index in [-0.39, 0.29) is 30.1 Å². The van der Waals surface area contributed by atoms with E-state index in [0.29, 0.717) is 0 Å². The lowest BCUT2D eigenvalue weighted by Gasteiger charge is -2.08. The lowest BCUT2D eigenvalue weighted by atomic mass is 10.2. The van der Waals surface area contributed by atoms with Gasteiger partial charge in [-0.3, -0.25) is 5.32 Å². The molecular formula is C14H14ClFN4O2. The van der Waals surface area contributed by atoms with Gasteiger partial charge in [0.05, 0.1) is 0 Å². The van der Waals surface area contributed by atoms with E-state index in [1.165, 1.54) is 0 Å². The third-order valence-corrected chi connectivity index (χ3v) is 2.86. The monoisotopic (exact) mass is 324 g/mol. The van der Waals surface area contributed by atoms with Crippen LogP contribution in [0.1, 0.15) is 30.9 Å². The third kappa shape index (κ3) is 4.63. The molecule has 0 saturated heterocycles. The molecule has 0 aliphatic carbocycles. The number of hydrogen-bond donors (Lipinski definition) is 1. The first-order chi connectivity index (χ1) is 10.6. The minimum Gasteiger partial charge on any atom is -0.444 e. The quantitative estimate of drug-likeness (QED) is 0.907. The highest BCUT2D eigenvalue weighted by atomic mass is 35.5. The molecule has 1 atom stereocenters. The Bertz CT molecular complexity index is 642. The van der Waals surface area contributed by atoms with Gasteiger partial charge < -0.3 is 4.74 Å². The predicted octanol–water partition coefficient (Wildman–Crippen LogP) is 3.69. The largest absolute Gasteiger partial charge is 0.444 e. The maximum Gasteiger partial charge on any atom is 0.414 e. The summed E-state index contributed by atoms with van der Waals surface area (Å²) < 4.78 is 18.6. The molecular weight excluding hydrogens is 311 g/mol. The van der Waals surface area contributed by atoms with Gasteiger partial charge >= 0.3 is 6.09 Å². The molecule has 0 aliphatic heterocycles. The number of nitrogens with one attached hydrogen (secondary N) is 1. The summed E-state index contributed by atoms with van der Waals surface area (Å²) in [5.74, 6) is -0.273. The zero-order valence-electron chi connectivity index (χ0n) is 11.8. The van der Waals surface area contributed by atoms with E-state index in [2.05, 4.69) is 20.3 Å². The molecule has 0 radical (unpaired) electrons. The molecule has 0 aliphatic rings. The number of amides is 1. The van der Waals surface area contributed by atoms with E-state index in [1.54, 1.807) is 6.92 Å². The molecule has 0 spiro atoms. The van der Waals surface area contributed by atoms with Crippen molar-refractivity contribution >= 4 is 23.6 Å². The Morgan fingerprint density at radius 2 is 2.05 bits per heavy atom. The maximum absolute atomic E-state index is 13.6. The third-order valence-electron chi connectivity index (χ3n) is 2.69. The van der Waals surface area contributed by atoms with Gasteiger partial charge in [-0.15, -0.1) is 0 Å². The topological polar surface area (TPSA) is 77.0 Å². The average Bonchev–Trinajstić information content (AvgIpc) is 2.52. The van der Waals surface area contributed by atoms with Gasteiger partial charge in [0.2, 0.25) is 11.2 Å². The number of carbonyl (C=O) groups is 1. The number of aromatic nitrogens is 3. The fraction of sp³-hybridized carbons (Fsp3) is 0.286. The van der Waals surface area contributed by atoms with Crippen molar-refractivity contribution in [3.05, 3.63) is 47.0 Å². The second kappa shape index (κ2) is 7.65. The van der Waals surface area contributed by atoms with E-state index in [0.717, 1.165) is 5.56 Å². The van der Waals surface area contributed by atoms with Crippen LogP contribution in [0.2, 0.25) is 5.28 Å². The first-order valence-corrected chi connectivity index (χ1v) is 6.99. The van der Waals surface area contributed by atoms with Crippen LogP contribution in [0.15, 0.2) is 30.3 Å². The lowest BCUT2D eigenvalue weighted by Crippen LogP contribution is -2.17. The van der Waals surface area contributed by atoms with E-state index in [1.807, 2.05) is 30.3 Å². The first-order valence-electron chi connectivity index (χ1n) is 6.61. The Hall–Kier alpha value is -2.28. The fourth-order valence-electron chi connectivity index (χ4n) is 1.59. The number of alkyl halides is 1. The number of carbonyl (C=O) groups excluding carboxylic acids is 1. The van der Waals surface area contributed by atoms with Crippen LogP contribution in [0.25, 0.3) is 0 Å². The maximum atomic E-state index is 13.6. The molecule has 2 aromatic rings. The zero-order chi connectivity index (χ0) is 15.9. The summed E-state index contributed by atoms with van der Waals surface area (Å²) >= 11 is 5.69. The molecule has 0 fully saturated rings. The van der Waals surface area contributed by atoms with Gasteiger partial charge in [-0.05, 0) is 23.6 Å². The van der Waals surface area contributed by atoms with Gasteiger partial charge in [0.15, 0.2) is 12.0 Å². The molecule has 1 unspecified atom stereocenters. The molecule has 8 heteroatoms. The van der Waals surface area contributed by atoms with Crippen molar-refractivity contribution in [1.29, 1.82) is 0 Å². The number of rotatable bonds is 5. The highest BCUT2D eigenvalue weighted by molar-refractivity contribution is 6.28. The number of anilines is 1. The van der Waals surface area contributed by atoms with Crippen LogP contribution in [0.3, 0.4) is 0 Å². The van der Waals surface area contributed by atoms with Crippen molar-refractivity contribution in [3.8, 4) is 0 Å². The van der Waals surface area contributed by atoms with E-state index >= 15 is 0 Å². The number of hydrogen-bond acceptors (Lipinski definition) is 5. The Balaban J connectivity index is 1.97. The van der Waals surface area contributed by atoms with Crippen molar-refractivity contribution in [2.24, 2.45) is 0 Å². The summed E-state index contributed by atoms with van der Waals surface area (Å²) in [5, 5.41) is 2.10. The summed E-state index contributed by atoms with van der Waals surface area (Å²) in [7, 11) is 0. The Kier molecular flexibility index (Phi) is 5.60. The second-order valence-corrected chi connectivity index (χ2v) is 4.69. The van der Waals surface area contributed by atoms with Crippen molar-refractivity contribution in [3.63, 3.8) is 0 Å². The van der Waals surface area contributed by atoms with Crippen LogP contribution in [0.5, 0.6) is 0 Å². The van der Waals surface area contributed by atoms with Crippen LogP contribution in [0, 0.1) is 0 Å². The summed E-state index contributed by atoms with van der Waals surface area (Å²) in [6.45, 7) is 1.74. The molecule has 22 heavy (non-hydrogen) atoms. The molecule has 116 valence electrons. The number of benzene rings is 1. The molecule has 2 rings (SSSR count). The van der Waals surface area contributed by atoms with Crippen molar-refractivity contribution in [2.45, 2.75) is 26.1 Å². The highest BCUT2D eigenvalue weighted by Crippen LogP contribution is 2.19. The Labute approximate surface area is 131 Å². The van der Waals surface area contributed by atoms with E-state index < -0.39 is 12.3 Å². The summed E-state index contributed by atoms with van der Waals surface area (Å²) in [4.78, 5) is 22.9. The predicted molar refractivity (Wildman–Crippen MR) is 79.2 cm³/mol. The standard InChI is InChI=1S/C14H14ClFN4O2/c1-2-10(16)11-17-12(15)19-13(18-11)20-14(21)22-8-9-6-4-3-5-7-9/h3-7,10H,2,8H2,1H3,(H,17,18,19,20,21). The van der Waals surface area contributed by atoms with Crippen molar-refractivity contribution < 1.29 is 13.9 Å². The molecule has 6 nitrogen and oxygen atoms in total. The van der Waals surface area contributed by atoms with Crippen LogP contribution >= 0.6 is 11.6 Å². The molecule has 1 heterocycles.